The van der Waals surface area contributed by atoms with Gasteiger partial charge in [-0.3, -0.25) is 4.79 Å². The van der Waals surface area contributed by atoms with Crippen molar-refractivity contribution >= 4 is 17.6 Å². The summed E-state index contributed by atoms with van der Waals surface area (Å²) >= 11 is 5.49. The first-order chi connectivity index (χ1) is 7.08. The van der Waals surface area contributed by atoms with Crippen molar-refractivity contribution in [3.05, 3.63) is 34.6 Å². The zero-order valence-corrected chi connectivity index (χ0v) is 8.38. The molecule has 0 fully saturated rings. The number of hydrogen-bond acceptors (Lipinski definition) is 2. The number of nitriles is 1. The summed E-state index contributed by atoms with van der Waals surface area (Å²) in [6, 6.07) is 4.30. The quantitative estimate of drug-likeness (QED) is 0.804. The number of hydrogen-bond donors (Lipinski definition) is 1. The molecule has 0 heterocycles. The van der Waals surface area contributed by atoms with Crippen molar-refractivity contribution in [2.24, 2.45) is 0 Å². The van der Waals surface area contributed by atoms with Gasteiger partial charge >= 0.3 is 5.97 Å². The van der Waals surface area contributed by atoms with Crippen LogP contribution in [0.25, 0.3) is 0 Å². The molecule has 0 aromatic heterocycles. The topological polar surface area (TPSA) is 61.1 Å². The Hall–Kier alpha value is -1.60. The molecule has 0 amide bonds. The van der Waals surface area contributed by atoms with Gasteiger partial charge in [-0.05, 0) is 17.7 Å². The summed E-state index contributed by atoms with van der Waals surface area (Å²) < 4.78 is 13.4. The molecule has 3 nitrogen and oxygen atoms in total. The molecular weight excluding hydrogens is 221 g/mol. The summed E-state index contributed by atoms with van der Waals surface area (Å²) in [7, 11) is 0. The van der Waals surface area contributed by atoms with Crippen molar-refractivity contribution in [3.63, 3.8) is 0 Å². The summed E-state index contributed by atoms with van der Waals surface area (Å²) in [4.78, 5) is 10.4. The highest BCUT2D eigenvalue weighted by Gasteiger charge is 2.13. The Morgan fingerprint density at radius 1 is 1.60 bits per heavy atom. The minimum Gasteiger partial charge on any atom is -0.481 e. The van der Waals surface area contributed by atoms with Crippen LogP contribution in [0.5, 0.6) is 0 Å². The zero-order chi connectivity index (χ0) is 11.4. The number of rotatable bonds is 3. The average molecular weight is 228 g/mol. The molecule has 0 bridgehead atoms. The Balaban J connectivity index is 3.26. The fourth-order valence-electron chi connectivity index (χ4n) is 1.20. The molecule has 0 saturated carbocycles. The maximum Gasteiger partial charge on any atom is 0.307 e. The Labute approximate surface area is 90.7 Å². The number of nitrogens with zero attached hydrogens (tertiary/aromatic N) is 1. The Morgan fingerprint density at radius 3 is 2.73 bits per heavy atom. The van der Waals surface area contributed by atoms with Crippen molar-refractivity contribution in [3.8, 4) is 6.07 Å². The molecule has 0 spiro atoms. The van der Waals surface area contributed by atoms with Gasteiger partial charge in [0.15, 0.2) is 0 Å². The third-order valence-corrected chi connectivity index (χ3v) is 2.17. The van der Waals surface area contributed by atoms with Gasteiger partial charge in [0.1, 0.15) is 5.82 Å². The van der Waals surface area contributed by atoms with Crippen LogP contribution in [0.15, 0.2) is 12.1 Å². The fourth-order valence-corrected chi connectivity index (χ4v) is 1.35. The molecule has 0 radical (unpaired) electrons. The lowest BCUT2D eigenvalue weighted by atomic mass is 10.0. The highest BCUT2D eigenvalue weighted by Crippen LogP contribution is 2.18. The van der Waals surface area contributed by atoms with Gasteiger partial charge in [-0.25, -0.2) is 4.39 Å². The van der Waals surface area contributed by atoms with E-state index in [2.05, 4.69) is 0 Å². The van der Waals surface area contributed by atoms with Crippen LogP contribution in [0.4, 0.5) is 4.39 Å². The van der Waals surface area contributed by atoms with Crippen LogP contribution in [-0.2, 0) is 17.1 Å². The van der Waals surface area contributed by atoms with E-state index in [0.717, 1.165) is 6.07 Å². The fraction of sp³-hybridized carbons (Fsp3) is 0.200. The molecule has 1 N–H and O–H groups in total. The van der Waals surface area contributed by atoms with Crippen molar-refractivity contribution in [2.75, 3.05) is 0 Å². The number of halogens is 2. The van der Waals surface area contributed by atoms with E-state index in [1.807, 2.05) is 0 Å². The molecule has 5 heteroatoms. The van der Waals surface area contributed by atoms with Crippen molar-refractivity contribution in [1.82, 2.24) is 0 Å². The van der Waals surface area contributed by atoms with Gasteiger partial charge in [-0.2, -0.15) is 5.26 Å². The van der Waals surface area contributed by atoms with Crippen molar-refractivity contribution < 1.29 is 14.3 Å². The van der Waals surface area contributed by atoms with Crippen LogP contribution in [0.2, 0.25) is 0 Å². The Kier molecular flexibility index (Phi) is 3.64. The first kappa shape index (κ1) is 11.5. The second kappa shape index (κ2) is 4.76. The van der Waals surface area contributed by atoms with Crippen LogP contribution in [0.1, 0.15) is 16.7 Å². The molecule has 0 atom stereocenters. The van der Waals surface area contributed by atoms with E-state index in [1.165, 1.54) is 6.07 Å². The summed E-state index contributed by atoms with van der Waals surface area (Å²) in [6.45, 7) is 0. The number of carbonyl (C=O) groups is 1. The highest BCUT2D eigenvalue weighted by atomic mass is 35.5. The molecule has 0 aliphatic heterocycles. The van der Waals surface area contributed by atoms with Gasteiger partial charge in [-0.1, -0.05) is 0 Å². The predicted octanol–water partition coefficient (Wildman–Crippen LogP) is 2.06. The third kappa shape index (κ3) is 2.67. The minimum atomic E-state index is -1.18. The van der Waals surface area contributed by atoms with Gasteiger partial charge in [-0.15, -0.1) is 11.6 Å². The minimum absolute atomic E-state index is 0.0213. The molecule has 1 aromatic rings. The summed E-state index contributed by atoms with van der Waals surface area (Å²) in [5.41, 5.74) is 0.381. The average Bonchev–Trinajstić information content (AvgIpc) is 2.20. The summed E-state index contributed by atoms with van der Waals surface area (Å²) in [5.74, 6) is -1.80. The SMILES string of the molecule is N#Cc1cc(CCl)cc(F)c1CC(=O)O. The number of carboxylic acid groups (broad SMARTS) is 1. The van der Waals surface area contributed by atoms with Crippen LogP contribution in [-0.4, -0.2) is 11.1 Å². The van der Waals surface area contributed by atoms with E-state index in [0.29, 0.717) is 5.56 Å². The van der Waals surface area contributed by atoms with Crippen LogP contribution >= 0.6 is 11.6 Å². The van der Waals surface area contributed by atoms with Gasteiger partial charge < -0.3 is 5.11 Å². The normalized spacial score (nSPS) is 9.67. The van der Waals surface area contributed by atoms with Gasteiger partial charge in [0, 0.05) is 11.4 Å². The first-order valence-electron chi connectivity index (χ1n) is 4.07. The molecule has 1 rings (SSSR count). The van der Waals surface area contributed by atoms with Gasteiger partial charge in [0.25, 0.3) is 0 Å². The number of alkyl halides is 1. The predicted molar refractivity (Wildman–Crippen MR) is 52.0 cm³/mol. The maximum absolute atomic E-state index is 13.4. The lowest BCUT2D eigenvalue weighted by Gasteiger charge is -2.05. The van der Waals surface area contributed by atoms with Gasteiger partial charge in [0.2, 0.25) is 0 Å². The Morgan fingerprint density at radius 2 is 2.27 bits per heavy atom. The van der Waals surface area contributed by atoms with Crippen molar-refractivity contribution in [2.45, 2.75) is 12.3 Å². The van der Waals surface area contributed by atoms with E-state index in [1.54, 1.807) is 6.07 Å². The second-order valence-corrected chi connectivity index (χ2v) is 3.19. The molecule has 1 aromatic carbocycles. The molecule has 0 saturated heterocycles. The highest BCUT2D eigenvalue weighted by molar-refractivity contribution is 6.17. The second-order valence-electron chi connectivity index (χ2n) is 2.92. The van der Waals surface area contributed by atoms with E-state index >= 15 is 0 Å². The standard InChI is InChI=1S/C10H7ClFNO2/c11-4-6-1-7(5-13)8(3-10(14)15)9(12)2-6/h1-2H,3-4H2,(H,14,15). The lowest BCUT2D eigenvalue weighted by Crippen LogP contribution is -2.05. The van der Waals surface area contributed by atoms with E-state index in [4.69, 9.17) is 22.0 Å². The van der Waals surface area contributed by atoms with Crippen molar-refractivity contribution in [1.29, 1.82) is 5.26 Å². The summed E-state index contributed by atoms with van der Waals surface area (Å²) in [5, 5.41) is 17.3. The number of carboxylic acids is 1. The van der Waals surface area contributed by atoms with Crippen LogP contribution in [0.3, 0.4) is 0 Å². The maximum atomic E-state index is 13.4. The first-order valence-corrected chi connectivity index (χ1v) is 4.61. The molecule has 78 valence electrons. The smallest absolute Gasteiger partial charge is 0.307 e. The number of benzene rings is 1. The van der Waals surface area contributed by atoms with E-state index in [-0.39, 0.29) is 17.0 Å². The molecule has 15 heavy (non-hydrogen) atoms. The largest absolute Gasteiger partial charge is 0.481 e. The Bertz CT molecular complexity index is 440. The van der Waals surface area contributed by atoms with Crippen LogP contribution < -0.4 is 0 Å². The van der Waals surface area contributed by atoms with E-state index < -0.39 is 18.2 Å². The molecule has 0 unspecified atom stereocenters. The monoisotopic (exact) mass is 227 g/mol. The summed E-state index contributed by atoms with van der Waals surface area (Å²) in [6.07, 6.45) is -0.503. The number of aliphatic carboxylic acids is 1. The zero-order valence-electron chi connectivity index (χ0n) is 7.63. The molecular formula is C10H7ClFNO2. The lowest BCUT2D eigenvalue weighted by molar-refractivity contribution is -0.136. The molecule has 0 aliphatic rings. The third-order valence-electron chi connectivity index (χ3n) is 1.86. The van der Waals surface area contributed by atoms with Crippen LogP contribution in [0, 0.1) is 17.1 Å². The van der Waals surface area contributed by atoms with E-state index in [9.17, 15) is 9.18 Å². The van der Waals surface area contributed by atoms with Gasteiger partial charge in [0.05, 0.1) is 18.1 Å². The molecule has 0 aliphatic carbocycles.